The summed E-state index contributed by atoms with van der Waals surface area (Å²) in [6.07, 6.45) is 2.02. The Labute approximate surface area is 70.2 Å². The molecule has 0 spiro atoms. The molecule has 4 nitrogen and oxygen atoms in total. The Balaban J connectivity index is 2.64. The van der Waals surface area contributed by atoms with Crippen LogP contribution in [-0.2, 0) is 11.3 Å². The van der Waals surface area contributed by atoms with Crippen LogP contribution in [0, 0.1) is 11.3 Å². The van der Waals surface area contributed by atoms with Crippen molar-refractivity contribution in [2.24, 2.45) is 5.73 Å². The average molecular weight is 163 g/mol. The molecular weight excluding hydrogens is 154 g/mol. The summed E-state index contributed by atoms with van der Waals surface area (Å²) in [6, 6.07) is 5.47. The summed E-state index contributed by atoms with van der Waals surface area (Å²) in [5.41, 5.74) is 5.52. The average Bonchev–Trinajstić information content (AvgIpc) is 2.47. The molecule has 0 aromatic carbocycles. The quantitative estimate of drug-likeness (QED) is 0.693. The lowest BCUT2D eigenvalue weighted by molar-refractivity contribution is -0.118. The number of carbonyl (C=O) groups excluding carboxylic acids is 1. The van der Waals surface area contributed by atoms with Gasteiger partial charge >= 0.3 is 0 Å². The molecule has 12 heavy (non-hydrogen) atoms. The van der Waals surface area contributed by atoms with Crippen molar-refractivity contribution in [1.29, 1.82) is 5.26 Å². The molecule has 0 fully saturated rings. The van der Waals surface area contributed by atoms with Gasteiger partial charge in [-0.2, -0.15) is 5.26 Å². The van der Waals surface area contributed by atoms with E-state index in [1.165, 1.54) is 0 Å². The van der Waals surface area contributed by atoms with Gasteiger partial charge < -0.3 is 10.3 Å². The Hall–Kier alpha value is -1.76. The topological polar surface area (TPSA) is 71.8 Å². The molecule has 62 valence electrons. The number of nitrogens with zero attached hydrogens (tertiary/aromatic N) is 2. The molecule has 2 N–H and O–H groups in total. The Bertz CT molecular complexity index is 321. The Morgan fingerprint density at radius 1 is 1.75 bits per heavy atom. The second-order valence-corrected chi connectivity index (χ2v) is 2.41. The third kappa shape index (κ3) is 1.86. The maximum Gasteiger partial charge on any atom is 0.219 e. The zero-order chi connectivity index (χ0) is 8.97. The lowest BCUT2D eigenvalue weighted by Gasteiger charge is -2.00. The first-order valence-electron chi connectivity index (χ1n) is 3.57. The van der Waals surface area contributed by atoms with E-state index in [0.29, 0.717) is 12.2 Å². The normalized spacial score (nSPS) is 9.25. The highest BCUT2D eigenvalue weighted by Crippen LogP contribution is 2.00. The number of nitriles is 1. The number of primary amides is 1. The van der Waals surface area contributed by atoms with Gasteiger partial charge in [0.05, 0.1) is 0 Å². The molecule has 1 heterocycles. The minimum atomic E-state index is -0.354. The van der Waals surface area contributed by atoms with Crippen molar-refractivity contribution >= 4 is 5.91 Å². The van der Waals surface area contributed by atoms with Crippen molar-refractivity contribution in [2.75, 3.05) is 0 Å². The number of hydrogen-bond donors (Lipinski definition) is 1. The molecule has 0 saturated carbocycles. The third-order valence-corrected chi connectivity index (χ3v) is 1.54. The maximum atomic E-state index is 10.4. The third-order valence-electron chi connectivity index (χ3n) is 1.54. The van der Waals surface area contributed by atoms with Crippen LogP contribution in [0.15, 0.2) is 18.3 Å². The fraction of sp³-hybridized carbons (Fsp3) is 0.250. The molecule has 0 aliphatic rings. The highest BCUT2D eigenvalue weighted by molar-refractivity contribution is 5.73. The van der Waals surface area contributed by atoms with Crippen LogP contribution in [0.25, 0.3) is 0 Å². The van der Waals surface area contributed by atoms with Gasteiger partial charge in [-0.1, -0.05) is 0 Å². The van der Waals surface area contributed by atoms with Gasteiger partial charge in [0.2, 0.25) is 5.91 Å². The number of nitrogens with two attached hydrogens (primary N) is 1. The second kappa shape index (κ2) is 3.58. The number of hydrogen-bond acceptors (Lipinski definition) is 2. The molecule has 0 radical (unpaired) electrons. The summed E-state index contributed by atoms with van der Waals surface area (Å²) in [5, 5.41) is 8.59. The molecule has 0 atom stereocenters. The van der Waals surface area contributed by atoms with Crippen LogP contribution in [0.2, 0.25) is 0 Å². The lowest BCUT2D eigenvalue weighted by Crippen LogP contribution is -2.14. The van der Waals surface area contributed by atoms with E-state index in [1.807, 2.05) is 6.07 Å². The smallest absolute Gasteiger partial charge is 0.219 e. The summed E-state index contributed by atoms with van der Waals surface area (Å²) in [6.45, 7) is 0.477. The molecule has 1 aromatic rings. The standard InChI is InChI=1S/C8H9N3O/c9-6-7-2-1-4-11(7)5-3-8(10)12/h1-2,4H,3,5H2,(H2,10,12). The van der Waals surface area contributed by atoms with E-state index in [2.05, 4.69) is 0 Å². The van der Waals surface area contributed by atoms with Crippen LogP contribution in [0.3, 0.4) is 0 Å². The number of carbonyl (C=O) groups is 1. The largest absolute Gasteiger partial charge is 0.370 e. The molecular formula is C8H9N3O. The minimum absolute atomic E-state index is 0.267. The van der Waals surface area contributed by atoms with Gasteiger partial charge in [-0.3, -0.25) is 4.79 Å². The first-order chi connectivity index (χ1) is 5.74. The SMILES string of the molecule is N#Cc1cccn1CCC(N)=O. The monoisotopic (exact) mass is 163 g/mol. The van der Waals surface area contributed by atoms with Crippen LogP contribution in [0.5, 0.6) is 0 Å². The summed E-state index contributed by atoms with van der Waals surface area (Å²) in [4.78, 5) is 10.4. The van der Waals surface area contributed by atoms with Crippen LogP contribution in [0.4, 0.5) is 0 Å². The first kappa shape index (κ1) is 8.34. The van der Waals surface area contributed by atoms with E-state index in [-0.39, 0.29) is 12.3 Å². The lowest BCUT2D eigenvalue weighted by atomic mass is 10.4. The van der Waals surface area contributed by atoms with Crippen molar-refractivity contribution in [2.45, 2.75) is 13.0 Å². The van der Waals surface area contributed by atoms with E-state index in [1.54, 1.807) is 22.9 Å². The molecule has 4 heteroatoms. The minimum Gasteiger partial charge on any atom is -0.370 e. The van der Waals surface area contributed by atoms with Crippen molar-refractivity contribution in [3.63, 3.8) is 0 Å². The van der Waals surface area contributed by atoms with Crippen LogP contribution >= 0.6 is 0 Å². The van der Waals surface area contributed by atoms with Crippen molar-refractivity contribution in [3.05, 3.63) is 24.0 Å². The highest BCUT2D eigenvalue weighted by Gasteiger charge is 2.00. The fourth-order valence-electron chi connectivity index (χ4n) is 0.941. The fourth-order valence-corrected chi connectivity index (χ4v) is 0.941. The molecule has 1 rings (SSSR count). The Morgan fingerprint density at radius 3 is 3.08 bits per heavy atom. The van der Waals surface area contributed by atoms with Gasteiger partial charge in [0.25, 0.3) is 0 Å². The summed E-state index contributed by atoms with van der Waals surface area (Å²) in [7, 11) is 0. The van der Waals surface area contributed by atoms with E-state index in [9.17, 15) is 4.79 Å². The highest BCUT2D eigenvalue weighted by atomic mass is 16.1. The van der Waals surface area contributed by atoms with E-state index in [4.69, 9.17) is 11.0 Å². The van der Waals surface area contributed by atoms with E-state index >= 15 is 0 Å². The maximum absolute atomic E-state index is 10.4. The predicted octanol–water partition coefficient (Wildman–Crippen LogP) is 0.235. The summed E-state index contributed by atoms with van der Waals surface area (Å²) in [5.74, 6) is -0.354. The van der Waals surface area contributed by atoms with E-state index < -0.39 is 0 Å². The number of amides is 1. The Morgan fingerprint density at radius 2 is 2.50 bits per heavy atom. The van der Waals surface area contributed by atoms with Gasteiger partial charge in [0, 0.05) is 19.2 Å². The second-order valence-electron chi connectivity index (χ2n) is 2.41. The van der Waals surface area contributed by atoms with E-state index in [0.717, 1.165) is 0 Å². The number of rotatable bonds is 3. The van der Waals surface area contributed by atoms with Crippen LogP contribution in [-0.4, -0.2) is 10.5 Å². The van der Waals surface area contributed by atoms with Gasteiger partial charge in [-0.05, 0) is 12.1 Å². The van der Waals surface area contributed by atoms with Crippen LogP contribution < -0.4 is 5.73 Å². The van der Waals surface area contributed by atoms with Gasteiger partial charge in [-0.25, -0.2) is 0 Å². The van der Waals surface area contributed by atoms with Gasteiger partial charge in [0.1, 0.15) is 11.8 Å². The number of aromatic nitrogens is 1. The first-order valence-corrected chi connectivity index (χ1v) is 3.57. The molecule has 1 amide bonds. The molecule has 0 saturated heterocycles. The molecule has 0 aliphatic heterocycles. The zero-order valence-electron chi connectivity index (χ0n) is 6.53. The van der Waals surface area contributed by atoms with Crippen LogP contribution in [0.1, 0.15) is 12.1 Å². The molecule has 0 aliphatic carbocycles. The summed E-state index contributed by atoms with van der Waals surface area (Å²) >= 11 is 0. The summed E-state index contributed by atoms with van der Waals surface area (Å²) < 4.78 is 1.70. The zero-order valence-corrected chi connectivity index (χ0v) is 6.53. The van der Waals surface area contributed by atoms with Crippen molar-refractivity contribution in [1.82, 2.24) is 4.57 Å². The predicted molar refractivity (Wildman–Crippen MR) is 43.0 cm³/mol. The Kier molecular flexibility index (Phi) is 2.49. The molecule has 0 unspecified atom stereocenters. The number of aryl methyl sites for hydroxylation is 1. The van der Waals surface area contributed by atoms with Crippen molar-refractivity contribution < 1.29 is 4.79 Å². The molecule has 1 aromatic heterocycles. The molecule has 0 bridgehead atoms. The van der Waals surface area contributed by atoms with Gasteiger partial charge in [0.15, 0.2) is 0 Å². The van der Waals surface area contributed by atoms with Gasteiger partial charge in [-0.15, -0.1) is 0 Å². The van der Waals surface area contributed by atoms with Crippen molar-refractivity contribution in [3.8, 4) is 6.07 Å².